The van der Waals surface area contributed by atoms with Gasteiger partial charge in [-0.1, -0.05) is 0 Å². The SMILES string of the molecule is CCOc1cc(Cc2cncnc2)cc2[nH]ccc12. The van der Waals surface area contributed by atoms with E-state index in [0.29, 0.717) is 6.61 Å². The van der Waals surface area contributed by atoms with E-state index in [0.717, 1.165) is 28.6 Å². The molecule has 19 heavy (non-hydrogen) atoms. The Kier molecular flexibility index (Phi) is 3.14. The zero-order valence-corrected chi connectivity index (χ0v) is 10.8. The molecule has 0 atom stereocenters. The summed E-state index contributed by atoms with van der Waals surface area (Å²) < 4.78 is 5.70. The zero-order valence-electron chi connectivity index (χ0n) is 10.8. The molecule has 1 N–H and O–H groups in total. The van der Waals surface area contributed by atoms with Gasteiger partial charge in [-0.15, -0.1) is 0 Å². The lowest BCUT2D eigenvalue weighted by atomic mass is 10.1. The third-order valence-electron chi connectivity index (χ3n) is 3.01. The fraction of sp³-hybridized carbons (Fsp3) is 0.200. The Hall–Kier alpha value is -2.36. The van der Waals surface area contributed by atoms with Gasteiger partial charge in [-0.25, -0.2) is 9.97 Å². The number of fused-ring (bicyclic) bond motifs is 1. The third-order valence-corrected chi connectivity index (χ3v) is 3.01. The van der Waals surface area contributed by atoms with Crippen LogP contribution in [0.4, 0.5) is 0 Å². The largest absolute Gasteiger partial charge is 0.493 e. The average molecular weight is 253 g/mol. The van der Waals surface area contributed by atoms with Gasteiger partial charge in [0.15, 0.2) is 0 Å². The van der Waals surface area contributed by atoms with Crippen LogP contribution in [0.2, 0.25) is 0 Å². The minimum absolute atomic E-state index is 0.665. The second-order valence-electron chi connectivity index (χ2n) is 4.39. The fourth-order valence-corrected chi connectivity index (χ4v) is 2.22. The summed E-state index contributed by atoms with van der Waals surface area (Å²) >= 11 is 0. The molecule has 0 aliphatic heterocycles. The Morgan fingerprint density at radius 3 is 2.79 bits per heavy atom. The molecule has 3 rings (SSSR count). The van der Waals surface area contributed by atoms with E-state index in [1.54, 1.807) is 6.33 Å². The lowest BCUT2D eigenvalue weighted by molar-refractivity contribution is 0.344. The van der Waals surface area contributed by atoms with Crippen molar-refractivity contribution in [3.05, 3.63) is 54.2 Å². The minimum Gasteiger partial charge on any atom is -0.493 e. The molecule has 4 heteroatoms. The molecule has 0 amide bonds. The number of hydrogen-bond acceptors (Lipinski definition) is 3. The molecule has 3 aromatic rings. The first-order valence-electron chi connectivity index (χ1n) is 6.33. The molecule has 0 unspecified atom stereocenters. The van der Waals surface area contributed by atoms with Gasteiger partial charge in [0.2, 0.25) is 0 Å². The predicted octanol–water partition coefficient (Wildman–Crippen LogP) is 2.95. The molecule has 0 aliphatic rings. The molecule has 0 saturated heterocycles. The quantitative estimate of drug-likeness (QED) is 0.777. The summed E-state index contributed by atoms with van der Waals surface area (Å²) in [7, 11) is 0. The summed E-state index contributed by atoms with van der Waals surface area (Å²) in [5.41, 5.74) is 3.38. The molecule has 0 radical (unpaired) electrons. The lowest BCUT2D eigenvalue weighted by Gasteiger charge is -2.08. The van der Waals surface area contributed by atoms with Crippen LogP contribution in [0.1, 0.15) is 18.1 Å². The van der Waals surface area contributed by atoms with E-state index in [9.17, 15) is 0 Å². The number of rotatable bonds is 4. The summed E-state index contributed by atoms with van der Waals surface area (Å²) in [6, 6.07) is 6.27. The van der Waals surface area contributed by atoms with Gasteiger partial charge >= 0.3 is 0 Å². The number of H-pyrrole nitrogens is 1. The summed E-state index contributed by atoms with van der Waals surface area (Å²) in [6.45, 7) is 2.66. The van der Waals surface area contributed by atoms with Gasteiger partial charge in [0.25, 0.3) is 0 Å². The van der Waals surface area contributed by atoms with E-state index >= 15 is 0 Å². The molecule has 0 bridgehead atoms. The number of ether oxygens (including phenoxy) is 1. The Morgan fingerprint density at radius 2 is 2.00 bits per heavy atom. The molecular weight excluding hydrogens is 238 g/mol. The maximum atomic E-state index is 5.70. The predicted molar refractivity (Wildman–Crippen MR) is 74.3 cm³/mol. The average Bonchev–Trinajstić information content (AvgIpc) is 2.89. The van der Waals surface area contributed by atoms with Gasteiger partial charge in [-0.3, -0.25) is 0 Å². The van der Waals surface area contributed by atoms with Crippen LogP contribution < -0.4 is 4.74 Å². The lowest BCUT2D eigenvalue weighted by Crippen LogP contribution is -1.95. The van der Waals surface area contributed by atoms with Crippen LogP contribution in [0.5, 0.6) is 5.75 Å². The van der Waals surface area contributed by atoms with Gasteiger partial charge in [0, 0.05) is 35.9 Å². The van der Waals surface area contributed by atoms with Crippen molar-refractivity contribution in [2.45, 2.75) is 13.3 Å². The Labute approximate surface area is 111 Å². The van der Waals surface area contributed by atoms with E-state index in [4.69, 9.17) is 4.74 Å². The number of aromatic nitrogens is 3. The van der Waals surface area contributed by atoms with E-state index < -0.39 is 0 Å². The molecule has 2 heterocycles. The number of benzene rings is 1. The fourth-order valence-electron chi connectivity index (χ4n) is 2.22. The number of aromatic amines is 1. The summed E-state index contributed by atoms with van der Waals surface area (Å²) in [4.78, 5) is 11.3. The molecule has 96 valence electrons. The zero-order chi connectivity index (χ0) is 13.1. The topological polar surface area (TPSA) is 50.8 Å². The highest BCUT2D eigenvalue weighted by molar-refractivity contribution is 5.86. The van der Waals surface area contributed by atoms with Gasteiger partial charge in [0.1, 0.15) is 12.1 Å². The summed E-state index contributed by atoms with van der Waals surface area (Å²) in [5, 5.41) is 1.12. The molecular formula is C15H15N3O. The van der Waals surface area contributed by atoms with Crippen molar-refractivity contribution in [3.63, 3.8) is 0 Å². The standard InChI is InChI=1S/C15H15N3O/c1-2-19-15-7-11(5-12-8-16-10-17-9-12)6-14-13(15)3-4-18-14/h3-4,6-10,18H,2,5H2,1H3. The summed E-state index contributed by atoms with van der Waals surface area (Å²) in [6.07, 6.45) is 7.96. The van der Waals surface area contributed by atoms with E-state index in [2.05, 4.69) is 27.1 Å². The van der Waals surface area contributed by atoms with Crippen LogP contribution in [-0.4, -0.2) is 21.6 Å². The van der Waals surface area contributed by atoms with Gasteiger partial charge in [-0.05, 0) is 36.2 Å². The maximum absolute atomic E-state index is 5.70. The Balaban J connectivity index is 1.99. The minimum atomic E-state index is 0.665. The third kappa shape index (κ3) is 2.42. The van der Waals surface area contributed by atoms with Crippen molar-refractivity contribution in [2.24, 2.45) is 0 Å². The van der Waals surface area contributed by atoms with Crippen LogP contribution in [0.15, 0.2) is 43.1 Å². The molecule has 0 aliphatic carbocycles. The smallest absolute Gasteiger partial charge is 0.128 e. The second kappa shape index (κ2) is 5.10. The highest BCUT2D eigenvalue weighted by Crippen LogP contribution is 2.28. The monoisotopic (exact) mass is 253 g/mol. The number of nitrogens with one attached hydrogen (secondary N) is 1. The van der Waals surface area contributed by atoms with E-state index in [-0.39, 0.29) is 0 Å². The van der Waals surface area contributed by atoms with Crippen molar-refractivity contribution in [1.82, 2.24) is 15.0 Å². The highest BCUT2D eigenvalue weighted by atomic mass is 16.5. The first-order chi connectivity index (χ1) is 9.36. The molecule has 4 nitrogen and oxygen atoms in total. The van der Waals surface area contributed by atoms with Crippen molar-refractivity contribution < 1.29 is 4.74 Å². The van der Waals surface area contributed by atoms with Crippen molar-refractivity contribution >= 4 is 10.9 Å². The number of nitrogens with zero attached hydrogens (tertiary/aromatic N) is 2. The van der Waals surface area contributed by atoms with E-state index in [1.807, 2.05) is 31.6 Å². The molecule has 0 fully saturated rings. The molecule has 0 spiro atoms. The van der Waals surface area contributed by atoms with Crippen molar-refractivity contribution in [2.75, 3.05) is 6.61 Å². The van der Waals surface area contributed by atoms with Crippen LogP contribution >= 0.6 is 0 Å². The highest BCUT2D eigenvalue weighted by Gasteiger charge is 2.07. The first kappa shape index (κ1) is 11.7. The van der Waals surface area contributed by atoms with Gasteiger partial charge < -0.3 is 9.72 Å². The molecule has 2 aromatic heterocycles. The summed E-state index contributed by atoms with van der Waals surface area (Å²) in [5.74, 6) is 0.924. The number of hydrogen-bond donors (Lipinski definition) is 1. The Bertz CT molecular complexity index is 676. The van der Waals surface area contributed by atoms with E-state index in [1.165, 1.54) is 5.56 Å². The van der Waals surface area contributed by atoms with Gasteiger partial charge in [0.05, 0.1) is 6.61 Å². The van der Waals surface area contributed by atoms with Crippen LogP contribution in [0.25, 0.3) is 10.9 Å². The first-order valence-corrected chi connectivity index (χ1v) is 6.33. The normalized spacial score (nSPS) is 10.8. The molecule has 0 saturated carbocycles. The van der Waals surface area contributed by atoms with Gasteiger partial charge in [-0.2, -0.15) is 0 Å². The second-order valence-corrected chi connectivity index (χ2v) is 4.39. The van der Waals surface area contributed by atoms with Crippen LogP contribution in [-0.2, 0) is 6.42 Å². The maximum Gasteiger partial charge on any atom is 0.128 e. The van der Waals surface area contributed by atoms with Crippen molar-refractivity contribution in [1.29, 1.82) is 0 Å². The Morgan fingerprint density at radius 1 is 1.16 bits per heavy atom. The van der Waals surface area contributed by atoms with Crippen LogP contribution in [0, 0.1) is 0 Å². The van der Waals surface area contributed by atoms with Crippen LogP contribution in [0.3, 0.4) is 0 Å². The molecule has 1 aromatic carbocycles. The van der Waals surface area contributed by atoms with Crippen molar-refractivity contribution in [3.8, 4) is 5.75 Å².